The van der Waals surface area contributed by atoms with Crippen LogP contribution in [0, 0.1) is 0 Å². The molecule has 0 unspecified atom stereocenters. The maximum atomic E-state index is 13.0. The van der Waals surface area contributed by atoms with Crippen molar-refractivity contribution < 1.29 is 9.53 Å². The van der Waals surface area contributed by atoms with Crippen LogP contribution in [0.2, 0.25) is 0 Å². The van der Waals surface area contributed by atoms with Gasteiger partial charge in [-0.05, 0) is 12.5 Å². The summed E-state index contributed by atoms with van der Waals surface area (Å²) in [6.45, 7) is 5.55. The van der Waals surface area contributed by atoms with E-state index in [0.717, 1.165) is 10.1 Å². The third kappa shape index (κ3) is 4.67. The standard InChI is InChI=1S/C24H30N6O4/c1-4-34-24(33)29-15-13-28(14-16-29)17-19-25-21-20(22(31)27(3)23(32)26(21)2)30(19)12-8-11-18-9-6-5-7-10-18/h5-11H,4,12-17H2,1-3H3/b11-8+. The lowest BCUT2D eigenvalue weighted by Gasteiger charge is -2.33. The average Bonchev–Trinajstić information content (AvgIpc) is 3.20. The highest BCUT2D eigenvalue weighted by Gasteiger charge is 2.25. The van der Waals surface area contributed by atoms with Crippen LogP contribution in [0.25, 0.3) is 17.2 Å². The Morgan fingerprint density at radius 3 is 2.44 bits per heavy atom. The Hall–Kier alpha value is -3.66. The maximum absolute atomic E-state index is 13.0. The van der Waals surface area contributed by atoms with Gasteiger partial charge in [0, 0.05) is 46.8 Å². The lowest BCUT2D eigenvalue weighted by Crippen LogP contribution is -2.48. The van der Waals surface area contributed by atoms with E-state index >= 15 is 0 Å². The number of ether oxygens (including phenoxy) is 1. The van der Waals surface area contributed by atoms with Gasteiger partial charge in [0.05, 0.1) is 13.2 Å². The van der Waals surface area contributed by atoms with Crippen LogP contribution in [-0.4, -0.2) is 67.4 Å². The van der Waals surface area contributed by atoms with E-state index < -0.39 is 5.69 Å². The van der Waals surface area contributed by atoms with Gasteiger partial charge in [0.15, 0.2) is 11.2 Å². The number of carbonyl (C=O) groups is 1. The molecule has 0 radical (unpaired) electrons. The SMILES string of the molecule is CCOC(=O)N1CCN(Cc2nc3c(c(=O)n(C)c(=O)n3C)n2C/C=C/c2ccccc2)CC1. The van der Waals surface area contributed by atoms with Crippen LogP contribution in [0.15, 0.2) is 46.0 Å². The van der Waals surface area contributed by atoms with Crippen molar-refractivity contribution in [3.05, 3.63) is 68.6 Å². The van der Waals surface area contributed by atoms with Gasteiger partial charge >= 0.3 is 11.8 Å². The molecule has 0 spiro atoms. The van der Waals surface area contributed by atoms with Crippen molar-refractivity contribution >= 4 is 23.3 Å². The van der Waals surface area contributed by atoms with Gasteiger partial charge in [-0.2, -0.15) is 0 Å². The van der Waals surface area contributed by atoms with Gasteiger partial charge in [0.25, 0.3) is 5.56 Å². The van der Waals surface area contributed by atoms with Crippen molar-refractivity contribution in [2.24, 2.45) is 14.1 Å². The largest absolute Gasteiger partial charge is 0.450 e. The van der Waals surface area contributed by atoms with Crippen LogP contribution in [0.3, 0.4) is 0 Å². The molecule has 1 amide bonds. The summed E-state index contributed by atoms with van der Waals surface area (Å²) in [6, 6.07) is 9.92. The summed E-state index contributed by atoms with van der Waals surface area (Å²) in [5.41, 5.74) is 1.07. The van der Waals surface area contributed by atoms with Crippen LogP contribution in [0.4, 0.5) is 4.79 Å². The Bertz CT molecular complexity index is 1310. The van der Waals surface area contributed by atoms with Crippen LogP contribution in [0.1, 0.15) is 18.3 Å². The van der Waals surface area contributed by atoms with Crippen molar-refractivity contribution in [2.45, 2.75) is 20.0 Å². The molecule has 0 aliphatic carbocycles. The molecule has 0 N–H and O–H groups in total. The quantitative estimate of drug-likeness (QED) is 0.545. The molecule has 10 heteroatoms. The fourth-order valence-corrected chi connectivity index (χ4v) is 4.17. The zero-order valence-corrected chi connectivity index (χ0v) is 19.8. The van der Waals surface area contributed by atoms with E-state index in [1.165, 1.54) is 11.6 Å². The Morgan fingerprint density at radius 2 is 1.76 bits per heavy atom. The molecule has 1 aliphatic rings. The predicted molar refractivity (Wildman–Crippen MR) is 130 cm³/mol. The molecule has 180 valence electrons. The molecule has 3 heterocycles. The van der Waals surface area contributed by atoms with E-state index in [1.54, 1.807) is 18.9 Å². The Morgan fingerprint density at radius 1 is 1.06 bits per heavy atom. The third-order valence-corrected chi connectivity index (χ3v) is 6.09. The number of aromatic nitrogens is 4. The molecule has 2 aromatic heterocycles. The number of piperazine rings is 1. The number of benzene rings is 1. The molecule has 1 aromatic carbocycles. The number of fused-ring (bicyclic) bond motifs is 1. The van der Waals surface area contributed by atoms with Crippen LogP contribution < -0.4 is 11.2 Å². The number of allylic oxidation sites excluding steroid dienone is 1. The van der Waals surface area contributed by atoms with Gasteiger partial charge in [-0.25, -0.2) is 14.6 Å². The van der Waals surface area contributed by atoms with Crippen molar-refractivity contribution in [3.63, 3.8) is 0 Å². The summed E-state index contributed by atoms with van der Waals surface area (Å²) < 4.78 is 9.51. The van der Waals surface area contributed by atoms with Gasteiger partial charge in [0.2, 0.25) is 0 Å². The maximum Gasteiger partial charge on any atom is 0.409 e. The zero-order valence-electron chi connectivity index (χ0n) is 19.8. The summed E-state index contributed by atoms with van der Waals surface area (Å²) >= 11 is 0. The van der Waals surface area contributed by atoms with E-state index in [9.17, 15) is 14.4 Å². The minimum atomic E-state index is -0.406. The number of amides is 1. The lowest BCUT2D eigenvalue weighted by atomic mass is 10.2. The van der Waals surface area contributed by atoms with Crippen molar-refractivity contribution in [1.82, 2.24) is 28.5 Å². The van der Waals surface area contributed by atoms with E-state index in [4.69, 9.17) is 9.72 Å². The molecule has 1 saturated heterocycles. The minimum Gasteiger partial charge on any atom is -0.450 e. The van der Waals surface area contributed by atoms with Crippen molar-refractivity contribution in [1.29, 1.82) is 0 Å². The molecular weight excluding hydrogens is 436 g/mol. The molecule has 10 nitrogen and oxygen atoms in total. The van der Waals surface area contributed by atoms with Crippen molar-refractivity contribution in [3.8, 4) is 0 Å². The number of imidazole rings is 1. The fourth-order valence-electron chi connectivity index (χ4n) is 4.17. The summed E-state index contributed by atoms with van der Waals surface area (Å²) in [5.74, 6) is 0.704. The number of rotatable bonds is 6. The van der Waals surface area contributed by atoms with Crippen LogP contribution in [-0.2, 0) is 31.9 Å². The van der Waals surface area contributed by atoms with Crippen LogP contribution in [0.5, 0.6) is 0 Å². The fraction of sp³-hybridized carbons (Fsp3) is 0.417. The number of hydrogen-bond acceptors (Lipinski definition) is 6. The van der Waals surface area contributed by atoms with Crippen LogP contribution >= 0.6 is 0 Å². The van der Waals surface area contributed by atoms with E-state index in [2.05, 4.69) is 4.90 Å². The second kappa shape index (κ2) is 10.1. The van der Waals surface area contributed by atoms with E-state index in [-0.39, 0.29) is 11.7 Å². The first kappa shape index (κ1) is 23.5. The summed E-state index contributed by atoms with van der Waals surface area (Å²) in [7, 11) is 3.11. The monoisotopic (exact) mass is 466 g/mol. The Labute approximate surface area is 197 Å². The molecule has 4 rings (SSSR count). The van der Waals surface area contributed by atoms with Gasteiger partial charge < -0.3 is 14.2 Å². The Kier molecular flexibility index (Phi) is 6.97. The second-order valence-corrected chi connectivity index (χ2v) is 8.29. The molecule has 0 atom stereocenters. The summed E-state index contributed by atoms with van der Waals surface area (Å²) in [4.78, 5) is 46.1. The van der Waals surface area contributed by atoms with Gasteiger partial charge in [-0.15, -0.1) is 0 Å². The van der Waals surface area contributed by atoms with Gasteiger partial charge in [0.1, 0.15) is 5.82 Å². The minimum absolute atomic E-state index is 0.293. The lowest BCUT2D eigenvalue weighted by molar-refractivity contribution is 0.0769. The molecular formula is C24H30N6O4. The summed E-state index contributed by atoms with van der Waals surface area (Å²) in [5, 5.41) is 0. The highest BCUT2D eigenvalue weighted by molar-refractivity contribution is 5.71. The first-order valence-electron chi connectivity index (χ1n) is 11.4. The average molecular weight is 467 g/mol. The molecule has 1 aliphatic heterocycles. The predicted octanol–water partition coefficient (Wildman–Crippen LogP) is 1.42. The molecule has 0 saturated carbocycles. The summed E-state index contributed by atoms with van der Waals surface area (Å²) in [6.07, 6.45) is 3.70. The number of hydrogen-bond donors (Lipinski definition) is 0. The van der Waals surface area contributed by atoms with Gasteiger partial charge in [-0.1, -0.05) is 42.5 Å². The van der Waals surface area contributed by atoms with E-state index in [1.807, 2.05) is 47.1 Å². The zero-order chi connectivity index (χ0) is 24.2. The Balaban J connectivity index is 1.64. The molecule has 3 aromatic rings. The smallest absolute Gasteiger partial charge is 0.409 e. The normalized spacial score (nSPS) is 14.9. The highest BCUT2D eigenvalue weighted by atomic mass is 16.6. The molecule has 0 bridgehead atoms. The second-order valence-electron chi connectivity index (χ2n) is 8.29. The number of aryl methyl sites for hydroxylation is 1. The van der Waals surface area contributed by atoms with Crippen molar-refractivity contribution in [2.75, 3.05) is 32.8 Å². The first-order valence-corrected chi connectivity index (χ1v) is 11.4. The highest BCUT2D eigenvalue weighted by Crippen LogP contribution is 2.16. The number of carbonyl (C=O) groups excluding carboxylic acids is 1. The molecule has 34 heavy (non-hydrogen) atoms. The van der Waals surface area contributed by atoms with E-state index in [0.29, 0.717) is 62.9 Å². The number of nitrogens with zero attached hydrogens (tertiary/aromatic N) is 6. The molecule has 1 fully saturated rings. The van der Waals surface area contributed by atoms with Gasteiger partial charge in [-0.3, -0.25) is 18.8 Å². The first-order chi connectivity index (χ1) is 16.4. The topological polar surface area (TPSA) is 94.6 Å². The third-order valence-electron chi connectivity index (χ3n) is 6.09.